The van der Waals surface area contributed by atoms with Crippen molar-refractivity contribution in [3.05, 3.63) is 169 Å². The standard InChI is InChI=1S/C54H53N3O/c1-3-13-34(14-4-1)35-23-27-49-45(31-35)53-50(55(49)36-15-5-2-6-16-36)29-26-42-43-32-37(56-46-20-10-7-17-39(46)40-18-8-11-21-47(40)56)24-28-48(43)57(54(42)53)38-25-30-52-44(33-38)41-19-9-12-22-51(41)58-52/h2-3,5-6,9-11,13-15,19-21,23,27,29,32-33,35-36,39,42,46H,1,4,7-8,12,16-18,22,24-26,28,30-31H2. The van der Waals surface area contributed by atoms with Crippen LogP contribution in [0.3, 0.4) is 0 Å². The predicted octanol–water partition coefficient (Wildman–Crippen LogP) is 11.0. The molecule has 2 aliphatic heterocycles. The lowest BCUT2D eigenvalue weighted by molar-refractivity contribution is 0.314. The van der Waals surface area contributed by atoms with E-state index in [1.165, 1.54) is 87.3 Å². The third kappa shape index (κ3) is 4.93. The Labute approximate surface area is 342 Å². The zero-order valence-corrected chi connectivity index (χ0v) is 33.6. The highest BCUT2D eigenvalue weighted by Gasteiger charge is 2.46. The minimum Gasteiger partial charge on any atom is -0.465 e. The summed E-state index contributed by atoms with van der Waals surface area (Å²) in [5.41, 5.74) is 18.1. The van der Waals surface area contributed by atoms with Crippen molar-refractivity contribution >= 4 is 30.0 Å². The van der Waals surface area contributed by atoms with Crippen LogP contribution in [0.2, 0.25) is 0 Å². The molecule has 0 saturated heterocycles. The minimum absolute atomic E-state index is 0.327. The van der Waals surface area contributed by atoms with Gasteiger partial charge in [-0.25, -0.2) is 0 Å². The van der Waals surface area contributed by atoms with Gasteiger partial charge in [0, 0.05) is 86.5 Å². The molecule has 9 aliphatic carbocycles. The predicted molar refractivity (Wildman–Crippen MR) is 236 cm³/mol. The summed E-state index contributed by atoms with van der Waals surface area (Å²) < 4.78 is 9.31. The first-order valence-electron chi connectivity index (χ1n) is 22.7. The molecule has 0 N–H and O–H groups in total. The second-order valence-corrected chi connectivity index (χ2v) is 18.4. The number of furan rings is 1. The molecule has 4 heteroatoms. The summed E-state index contributed by atoms with van der Waals surface area (Å²) in [6.45, 7) is 0. The van der Waals surface area contributed by atoms with Crippen LogP contribution in [0.4, 0.5) is 0 Å². The van der Waals surface area contributed by atoms with Gasteiger partial charge in [-0.3, -0.25) is 0 Å². The highest BCUT2D eigenvalue weighted by molar-refractivity contribution is 5.77. The van der Waals surface area contributed by atoms with E-state index in [1.807, 2.05) is 0 Å². The number of rotatable bonds is 4. The van der Waals surface area contributed by atoms with Crippen LogP contribution in [0.1, 0.15) is 117 Å². The van der Waals surface area contributed by atoms with Crippen molar-refractivity contribution in [1.29, 1.82) is 0 Å². The monoisotopic (exact) mass is 759 g/mol. The van der Waals surface area contributed by atoms with E-state index in [4.69, 9.17) is 4.42 Å². The number of hydrogen-bond acceptors (Lipinski definition) is 3. The van der Waals surface area contributed by atoms with Crippen molar-refractivity contribution in [3.63, 3.8) is 0 Å². The Kier molecular flexibility index (Phi) is 7.64. The van der Waals surface area contributed by atoms with Gasteiger partial charge in [0.1, 0.15) is 11.5 Å². The molecular formula is C54H53N3O. The van der Waals surface area contributed by atoms with E-state index < -0.39 is 0 Å². The van der Waals surface area contributed by atoms with Crippen LogP contribution < -0.4 is 10.6 Å². The van der Waals surface area contributed by atoms with Gasteiger partial charge in [-0.1, -0.05) is 85.1 Å². The zero-order chi connectivity index (χ0) is 37.9. The molecule has 0 bridgehead atoms. The Morgan fingerprint density at radius 3 is 2.52 bits per heavy atom. The molecule has 0 amide bonds. The molecule has 4 heterocycles. The maximum Gasteiger partial charge on any atom is 0.112 e. The quantitative estimate of drug-likeness (QED) is 0.290. The molecule has 5 atom stereocenters. The van der Waals surface area contributed by atoms with E-state index in [1.54, 1.807) is 28.1 Å². The van der Waals surface area contributed by atoms with Crippen LogP contribution >= 0.6 is 0 Å². The molecule has 11 aliphatic rings. The lowest BCUT2D eigenvalue weighted by Gasteiger charge is -2.36. The van der Waals surface area contributed by atoms with Gasteiger partial charge in [0.2, 0.25) is 0 Å². The second-order valence-electron chi connectivity index (χ2n) is 18.4. The Morgan fingerprint density at radius 2 is 1.59 bits per heavy atom. The van der Waals surface area contributed by atoms with Gasteiger partial charge in [0.05, 0.1) is 12.1 Å². The third-order valence-electron chi connectivity index (χ3n) is 15.4. The summed E-state index contributed by atoms with van der Waals surface area (Å²) >= 11 is 0. The van der Waals surface area contributed by atoms with Crippen LogP contribution in [0.5, 0.6) is 0 Å². The first-order valence-corrected chi connectivity index (χ1v) is 22.7. The highest BCUT2D eigenvalue weighted by atomic mass is 16.3. The van der Waals surface area contributed by atoms with Gasteiger partial charge in [-0.05, 0) is 130 Å². The third-order valence-corrected chi connectivity index (χ3v) is 15.4. The Bertz CT molecular complexity index is 2700. The summed E-state index contributed by atoms with van der Waals surface area (Å²) in [6.07, 6.45) is 60.7. The average Bonchev–Trinajstić information content (AvgIpc) is 4.02. The lowest BCUT2D eigenvalue weighted by atomic mass is 9.82. The molecule has 0 saturated carbocycles. The van der Waals surface area contributed by atoms with E-state index in [2.05, 4.69) is 124 Å². The maximum absolute atomic E-state index is 6.58. The smallest absolute Gasteiger partial charge is 0.112 e. The van der Waals surface area contributed by atoms with Gasteiger partial charge >= 0.3 is 0 Å². The van der Waals surface area contributed by atoms with Crippen molar-refractivity contribution in [3.8, 4) is 0 Å². The Balaban J connectivity index is 1.03. The van der Waals surface area contributed by atoms with Crippen molar-refractivity contribution in [2.24, 2.45) is 17.8 Å². The number of fused-ring (bicyclic) bond motifs is 10. The summed E-state index contributed by atoms with van der Waals surface area (Å²) in [5, 5.41) is 2.98. The molecule has 13 rings (SSSR count). The van der Waals surface area contributed by atoms with Gasteiger partial charge < -0.3 is 18.8 Å². The van der Waals surface area contributed by atoms with E-state index in [9.17, 15) is 0 Å². The van der Waals surface area contributed by atoms with Crippen molar-refractivity contribution in [2.75, 3.05) is 0 Å². The van der Waals surface area contributed by atoms with Gasteiger partial charge in [-0.2, -0.15) is 0 Å². The summed E-state index contributed by atoms with van der Waals surface area (Å²) in [6, 6.07) is 0.791. The molecule has 58 heavy (non-hydrogen) atoms. The number of allylic oxidation sites excluding steroid dienone is 17. The van der Waals surface area contributed by atoms with Crippen molar-refractivity contribution in [2.45, 2.75) is 108 Å². The Morgan fingerprint density at radius 1 is 0.672 bits per heavy atom. The first-order chi connectivity index (χ1) is 28.8. The van der Waals surface area contributed by atoms with E-state index in [-0.39, 0.29) is 0 Å². The summed E-state index contributed by atoms with van der Waals surface area (Å²) in [5.74, 6) is 3.79. The van der Waals surface area contributed by atoms with E-state index >= 15 is 0 Å². The largest absolute Gasteiger partial charge is 0.465 e. The maximum atomic E-state index is 6.58. The molecule has 0 spiro atoms. The first kappa shape index (κ1) is 33.7. The number of nitrogens with zero attached hydrogens (tertiary/aromatic N) is 3. The van der Waals surface area contributed by atoms with Crippen LogP contribution in [-0.4, -0.2) is 20.4 Å². The normalized spacial score (nSPS) is 29.6. The molecule has 2 aromatic rings. The fourth-order valence-electron chi connectivity index (χ4n) is 12.9. The van der Waals surface area contributed by atoms with Crippen LogP contribution in [0.15, 0.2) is 129 Å². The summed E-state index contributed by atoms with van der Waals surface area (Å²) in [7, 11) is 0. The molecule has 0 fully saturated rings. The fraction of sp³-hybridized carbons (Fsp3) is 0.370. The minimum atomic E-state index is 0.327. The average molecular weight is 760 g/mol. The number of aromatic nitrogens is 1. The highest BCUT2D eigenvalue weighted by Crippen LogP contribution is 2.53. The second kappa shape index (κ2) is 13.1. The fourth-order valence-corrected chi connectivity index (χ4v) is 12.9. The summed E-state index contributed by atoms with van der Waals surface area (Å²) in [4.78, 5) is 5.65. The van der Waals surface area contributed by atoms with Gasteiger partial charge in [0.15, 0.2) is 0 Å². The molecular weight excluding hydrogens is 707 g/mol. The van der Waals surface area contributed by atoms with Gasteiger partial charge in [0.25, 0.3) is 0 Å². The molecule has 5 unspecified atom stereocenters. The lowest BCUT2D eigenvalue weighted by Crippen LogP contribution is -2.41. The Hall–Kier alpha value is -5.22. The van der Waals surface area contributed by atoms with Gasteiger partial charge in [-0.15, -0.1) is 0 Å². The number of hydrogen-bond donors (Lipinski definition) is 0. The van der Waals surface area contributed by atoms with E-state index in [0.29, 0.717) is 29.8 Å². The molecule has 0 aromatic carbocycles. The van der Waals surface area contributed by atoms with Crippen molar-refractivity contribution in [1.82, 2.24) is 14.4 Å². The van der Waals surface area contributed by atoms with Crippen LogP contribution in [0.25, 0.3) is 30.0 Å². The van der Waals surface area contributed by atoms with Crippen molar-refractivity contribution < 1.29 is 4.42 Å². The number of aryl methyl sites for hydroxylation is 2. The molecule has 4 nitrogen and oxygen atoms in total. The zero-order valence-electron chi connectivity index (χ0n) is 33.6. The topological polar surface area (TPSA) is 24.6 Å². The van der Waals surface area contributed by atoms with Crippen LogP contribution in [-0.2, 0) is 19.3 Å². The molecule has 0 radical (unpaired) electrons. The molecule has 290 valence electrons. The van der Waals surface area contributed by atoms with E-state index in [0.717, 1.165) is 70.6 Å². The molecule has 2 aromatic heterocycles. The SMILES string of the molecule is C1=CCC(n2c3c(c4c2=CCC2C5=C(CCC(N6C7=C(CCC=C7)C7CCC=CC76)=C5)N(C5=Cc6c(oc7c6C=CCC7)CC5)C=42)CC(C2=CCCC=C2)C=C3)C=C1. The van der Waals surface area contributed by atoms with Crippen LogP contribution in [0, 0.1) is 17.8 Å².